The number of nitrogen functional groups attached to an aromatic ring is 1. The van der Waals surface area contributed by atoms with Crippen LogP contribution in [0.2, 0.25) is 0 Å². The number of carbonyl (C=O) groups excluding carboxylic acids is 2. The highest BCUT2D eigenvalue weighted by atomic mass is 16.2. The van der Waals surface area contributed by atoms with Crippen molar-refractivity contribution in [3.05, 3.63) is 23.8 Å². The molecule has 17 heavy (non-hydrogen) atoms. The van der Waals surface area contributed by atoms with Gasteiger partial charge in [0.05, 0.1) is 17.9 Å². The SMILES string of the molecule is CN(C)C(=O)CNc1ccc(C(N)=O)cc1N. The molecule has 0 aliphatic rings. The molecule has 6 nitrogen and oxygen atoms in total. The maximum absolute atomic E-state index is 11.4. The lowest BCUT2D eigenvalue weighted by Gasteiger charge is -2.13. The Morgan fingerprint density at radius 2 is 2.00 bits per heavy atom. The first-order valence-corrected chi connectivity index (χ1v) is 5.05. The number of hydrogen-bond acceptors (Lipinski definition) is 4. The molecule has 1 aromatic rings. The van der Waals surface area contributed by atoms with Gasteiger partial charge >= 0.3 is 0 Å². The Hall–Kier alpha value is -2.24. The third-order valence-electron chi connectivity index (χ3n) is 2.26. The van der Waals surface area contributed by atoms with Gasteiger partial charge in [0.15, 0.2) is 0 Å². The van der Waals surface area contributed by atoms with Gasteiger partial charge < -0.3 is 21.7 Å². The number of primary amides is 1. The summed E-state index contributed by atoms with van der Waals surface area (Å²) in [4.78, 5) is 23.7. The molecule has 0 atom stereocenters. The number of nitrogens with one attached hydrogen (secondary N) is 1. The average molecular weight is 236 g/mol. The Morgan fingerprint density at radius 3 is 2.47 bits per heavy atom. The number of nitrogens with two attached hydrogens (primary N) is 2. The molecule has 0 spiro atoms. The predicted molar refractivity (Wildman–Crippen MR) is 66.6 cm³/mol. The van der Waals surface area contributed by atoms with E-state index in [1.165, 1.54) is 11.0 Å². The number of anilines is 2. The summed E-state index contributed by atoms with van der Waals surface area (Å²) in [5.74, 6) is -0.601. The number of amides is 2. The van der Waals surface area contributed by atoms with Crippen LogP contribution < -0.4 is 16.8 Å². The number of likely N-dealkylation sites (N-methyl/N-ethyl adjacent to an activating group) is 1. The molecule has 5 N–H and O–H groups in total. The van der Waals surface area contributed by atoms with Crippen molar-refractivity contribution in [2.75, 3.05) is 31.7 Å². The van der Waals surface area contributed by atoms with E-state index >= 15 is 0 Å². The first-order chi connectivity index (χ1) is 7.91. The molecule has 6 heteroatoms. The summed E-state index contributed by atoms with van der Waals surface area (Å²) in [7, 11) is 3.34. The molecule has 0 fully saturated rings. The third-order valence-corrected chi connectivity index (χ3v) is 2.26. The summed E-state index contributed by atoms with van der Waals surface area (Å²) in [6.45, 7) is 0.146. The molecule has 1 rings (SSSR count). The van der Waals surface area contributed by atoms with Gasteiger partial charge in [-0.05, 0) is 18.2 Å². The molecule has 0 unspecified atom stereocenters. The van der Waals surface area contributed by atoms with E-state index in [0.717, 1.165) is 0 Å². The zero-order valence-corrected chi connectivity index (χ0v) is 9.86. The molecule has 0 saturated carbocycles. The maximum atomic E-state index is 11.4. The minimum absolute atomic E-state index is 0.0663. The van der Waals surface area contributed by atoms with E-state index in [0.29, 0.717) is 16.9 Å². The van der Waals surface area contributed by atoms with Crippen molar-refractivity contribution in [1.82, 2.24) is 4.90 Å². The highest BCUT2D eigenvalue weighted by Gasteiger charge is 2.07. The van der Waals surface area contributed by atoms with Crippen LogP contribution in [0.15, 0.2) is 18.2 Å². The fraction of sp³-hybridized carbons (Fsp3) is 0.273. The topological polar surface area (TPSA) is 101 Å². The van der Waals surface area contributed by atoms with Crippen molar-refractivity contribution in [2.24, 2.45) is 5.73 Å². The molecule has 1 aromatic carbocycles. The van der Waals surface area contributed by atoms with Crippen LogP contribution in [0.3, 0.4) is 0 Å². The first-order valence-electron chi connectivity index (χ1n) is 5.05. The van der Waals surface area contributed by atoms with Crippen molar-refractivity contribution in [3.8, 4) is 0 Å². The van der Waals surface area contributed by atoms with Gasteiger partial charge in [-0.2, -0.15) is 0 Å². The summed E-state index contributed by atoms with van der Waals surface area (Å²) in [5, 5.41) is 2.89. The van der Waals surface area contributed by atoms with E-state index in [9.17, 15) is 9.59 Å². The van der Waals surface area contributed by atoms with Gasteiger partial charge in [0.25, 0.3) is 0 Å². The number of benzene rings is 1. The van der Waals surface area contributed by atoms with Crippen molar-refractivity contribution in [3.63, 3.8) is 0 Å². The number of nitrogens with zero attached hydrogens (tertiary/aromatic N) is 1. The second kappa shape index (κ2) is 5.20. The highest BCUT2D eigenvalue weighted by molar-refractivity contribution is 5.95. The van der Waals surface area contributed by atoms with Crippen LogP contribution in [0, 0.1) is 0 Å². The summed E-state index contributed by atoms with van der Waals surface area (Å²) in [5.41, 5.74) is 12.2. The van der Waals surface area contributed by atoms with Crippen LogP contribution in [0.25, 0.3) is 0 Å². The molecule has 0 saturated heterocycles. The second-order valence-corrected chi connectivity index (χ2v) is 3.81. The Morgan fingerprint density at radius 1 is 1.35 bits per heavy atom. The molecule has 0 aromatic heterocycles. The van der Waals surface area contributed by atoms with Crippen molar-refractivity contribution in [1.29, 1.82) is 0 Å². The summed E-state index contributed by atoms with van der Waals surface area (Å²) in [6.07, 6.45) is 0. The lowest BCUT2D eigenvalue weighted by molar-refractivity contribution is -0.126. The van der Waals surface area contributed by atoms with E-state index in [2.05, 4.69) is 5.32 Å². The van der Waals surface area contributed by atoms with E-state index < -0.39 is 5.91 Å². The zero-order valence-electron chi connectivity index (χ0n) is 9.86. The number of carbonyl (C=O) groups is 2. The molecule has 2 amide bonds. The largest absolute Gasteiger partial charge is 0.397 e. The Labute approximate surface area is 99.6 Å². The Bertz CT molecular complexity index is 443. The minimum Gasteiger partial charge on any atom is -0.397 e. The van der Waals surface area contributed by atoms with Crippen LogP contribution in [-0.2, 0) is 4.79 Å². The Balaban J connectivity index is 2.73. The van der Waals surface area contributed by atoms with Gasteiger partial charge in [0.1, 0.15) is 0 Å². The summed E-state index contributed by atoms with van der Waals surface area (Å²) in [6, 6.07) is 4.66. The molecule has 0 heterocycles. The molecule has 0 bridgehead atoms. The van der Waals surface area contributed by atoms with Crippen molar-refractivity contribution < 1.29 is 9.59 Å². The lowest BCUT2D eigenvalue weighted by Crippen LogP contribution is -2.28. The highest BCUT2D eigenvalue weighted by Crippen LogP contribution is 2.19. The number of rotatable bonds is 4. The van der Waals surface area contributed by atoms with Crippen LogP contribution in [-0.4, -0.2) is 37.4 Å². The van der Waals surface area contributed by atoms with Gasteiger partial charge in [-0.3, -0.25) is 9.59 Å². The smallest absolute Gasteiger partial charge is 0.248 e. The quantitative estimate of drug-likeness (QED) is 0.634. The number of hydrogen-bond donors (Lipinski definition) is 3. The van der Waals surface area contributed by atoms with Crippen molar-refractivity contribution in [2.45, 2.75) is 0 Å². The third kappa shape index (κ3) is 3.37. The van der Waals surface area contributed by atoms with Gasteiger partial charge in [-0.25, -0.2) is 0 Å². The van der Waals surface area contributed by atoms with E-state index in [1.807, 2.05) is 0 Å². The predicted octanol–water partition coefficient (Wildman–Crippen LogP) is -0.132. The standard InChI is InChI=1S/C11H16N4O2/c1-15(2)10(16)6-14-9-4-3-7(11(13)17)5-8(9)12/h3-5,14H,6,12H2,1-2H3,(H2,13,17). The minimum atomic E-state index is -0.535. The molecule has 0 aliphatic carbocycles. The van der Waals surface area contributed by atoms with E-state index in [1.54, 1.807) is 26.2 Å². The van der Waals surface area contributed by atoms with Crippen LogP contribution >= 0.6 is 0 Å². The van der Waals surface area contributed by atoms with Gasteiger partial charge in [0.2, 0.25) is 11.8 Å². The van der Waals surface area contributed by atoms with Gasteiger partial charge in [-0.1, -0.05) is 0 Å². The lowest BCUT2D eigenvalue weighted by atomic mass is 10.1. The van der Waals surface area contributed by atoms with Crippen LogP contribution in [0.4, 0.5) is 11.4 Å². The summed E-state index contributed by atoms with van der Waals surface area (Å²) >= 11 is 0. The van der Waals surface area contributed by atoms with E-state index in [4.69, 9.17) is 11.5 Å². The zero-order chi connectivity index (χ0) is 13.0. The second-order valence-electron chi connectivity index (χ2n) is 3.81. The molecular weight excluding hydrogens is 220 g/mol. The summed E-state index contributed by atoms with van der Waals surface area (Å²) < 4.78 is 0. The molecule has 92 valence electrons. The average Bonchev–Trinajstić information content (AvgIpc) is 2.26. The molecule has 0 radical (unpaired) electrons. The monoisotopic (exact) mass is 236 g/mol. The normalized spacial score (nSPS) is 9.76. The van der Waals surface area contributed by atoms with Gasteiger partial charge in [0, 0.05) is 19.7 Å². The molecule has 0 aliphatic heterocycles. The van der Waals surface area contributed by atoms with Crippen LogP contribution in [0.5, 0.6) is 0 Å². The fourth-order valence-electron chi connectivity index (χ4n) is 1.21. The fourth-order valence-corrected chi connectivity index (χ4v) is 1.21. The first kappa shape index (κ1) is 12.8. The van der Waals surface area contributed by atoms with E-state index in [-0.39, 0.29) is 12.5 Å². The Kier molecular flexibility index (Phi) is 3.92. The molecular formula is C11H16N4O2. The van der Waals surface area contributed by atoms with Crippen molar-refractivity contribution >= 4 is 23.2 Å². The van der Waals surface area contributed by atoms with Gasteiger partial charge in [-0.15, -0.1) is 0 Å². The maximum Gasteiger partial charge on any atom is 0.248 e. The van der Waals surface area contributed by atoms with Crippen LogP contribution in [0.1, 0.15) is 10.4 Å².